The molecule has 3 N–H and O–H groups in total. The van der Waals surface area contributed by atoms with E-state index in [9.17, 15) is 9.59 Å². The molecule has 0 spiro atoms. The Morgan fingerprint density at radius 3 is 2.74 bits per heavy atom. The van der Waals surface area contributed by atoms with E-state index in [0.29, 0.717) is 25.4 Å². The maximum Gasteiger partial charge on any atom is 0.337 e. The largest absolute Gasteiger partial charge is 0.478 e. The fraction of sp³-hybridized carbons (Fsp3) is 0.333. The number of benzene rings is 1. The zero-order chi connectivity index (χ0) is 14.3. The molecule has 0 saturated heterocycles. The number of amides is 2. The van der Waals surface area contributed by atoms with Gasteiger partial charge in [0.05, 0.1) is 17.2 Å². The monoisotopic (exact) mass is 286 g/mol. The first kappa shape index (κ1) is 15.3. The fourth-order valence-corrected chi connectivity index (χ4v) is 1.58. The van der Waals surface area contributed by atoms with Crippen molar-refractivity contribution in [2.24, 2.45) is 0 Å². The lowest BCUT2D eigenvalue weighted by atomic mass is 10.2. The Balaban J connectivity index is 2.51. The highest BCUT2D eigenvalue weighted by Crippen LogP contribution is 2.20. The molecule has 0 aliphatic carbocycles. The van der Waals surface area contributed by atoms with Gasteiger partial charge >= 0.3 is 12.0 Å². The van der Waals surface area contributed by atoms with Gasteiger partial charge in [0.1, 0.15) is 0 Å². The highest BCUT2D eigenvalue weighted by atomic mass is 35.5. The third-order valence-electron chi connectivity index (χ3n) is 2.19. The maximum atomic E-state index is 11.5. The minimum absolute atomic E-state index is 0.0102. The number of aromatic carboxylic acids is 1. The molecule has 2 amide bonds. The van der Waals surface area contributed by atoms with Crippen LogP contribution in [0.3, 0.4) is 0 Å². The summed E-state index contributed by atoms with van der Waals surface area (Å²) in [5.74, 6) is -1.11. The second-order valence-corrected chi connectivity index (χ2v) is 3.98. The summed E-state index contributed by atoms with van der Waals surface area (Å²) in [4.78, 5) is 22.2. The number of carbonyl (C=O) groups excluding carboxylic acids is 1. The van der Waals surface area contributed by atoms with Gasteiger partial charge in [-0.15, -0.1) is 0 Å². The van der Waals surface area contributed by atoms with Gasteiger partial charge in [-0.05, 0) is 25.1 Å². The van der Waals surface area contributed by atoms with Crippen LogP contribution in [0.2, 0.25) is 5.02 Å². The fourth-order valence-electron chi connectivity index (χ4n) is 1.32. The van der Waals surface area contributed by atoms with E-state index < -0.39 is 12.0 Å². The summed E-state index contributed by atoms with van der Waals surface area (Å²) in [6, 6.07) is 3.78. The Morgan fingerprint density at radius 2 is 2.16 bits per heavy atom. The van der Waals surface area contributed by atoms with Gasteiger partial charge in [-0.3, -0.25) is 0 Å². The first-order valence-corrected chi connectivity index (χ1v) is 6.07. The lowest BCUT2D eigenvalue weighted by Crippen LogP contribution is -2.31. The van der Waals surface area contributed by atoms with Gasteiger partial charge in [-0.1, -0.05) is 11.6 Å². The number of hydrogen-bond acceptors (Lipinski definition) is 3. The maximum absolute atomic E-state index is 11.5. The molecule has 0 aromatic heterocycles. The van der Waals surface area contributed by atoms with Crippen molar-refractivity contribution in [1.82, 2.24) is 5.32 Å². The topological polar surface area (TPSA) is 87.7 Å². The lowest BCUT2D eigenvalue weighted by molar-refractivity contribution is 0.0697. The van der Waals surface area contributed by atoms with Crippen LogP contribution in [0.1, 0.15) is 17.3 Å². The molecular formula is C12H15ClN2O4. The highest BCUT2D eigenvalue weighted by molar-refractivity contribution is 6.33. The zero-order valence-corrected chi connectivity index (χ0v) is 11.2. The van der Waals surface area contributed by atoms with E-state index in [0.717, 1.165) is 0 Å². The molecule has 0 radical (unpaired) electrons. The standard InChI is InChI=1S/C12H15ClN2O4/c1-2-19-6-5-14-12(18)15-8-3-4-9(11(16)17)10(13)7-8/h3-4,7H,2,5-6H2,1H3,(H,16,17)(H2,14,15,18). The summed E-state index contributed by atoms with van der Waals surface area (Å²) in [5.41, 5.74) is 0.410. The minimum Gasteiger partial charge on any atom is -0.478 e. The molecule has 19 heavy (non-hydrogen) atoms. The van der Waals surface area contributed by atoms with Crippen LogP contribution in [0.15, 0.2) is 18.2 Å². The number of hydrogen-bond donors (Lipinski definition) is 3. The van der Waals surface area contributed by atoms with E-state index in [2.05, 4.69) is 10.6 Å². The summed E-state index contributed by atoms with van der Waals surface area (Å²) < 4.78 is 5.07. The Hall–Kier alpha value is -1.79. The van der Waals surface area contributed by atoms with Gasteiger partial charge in [-0.2, -0.15) is 0 Å². The SMILES string of the molecule is CCOCCNC(=O)Nc1ccc(C(=O)O)c(Cl)c1. The number of ether oxygens (including phenoxy) is 1. The number of carboxylic acids is 1. The van der Waals surface area contributed by atoms with E-state index in [-0.39, 0.29) is 10.6 Å². The normalized spacial score (nSPS) is 10.0. The van der Waals surface area contributed by atoms with Gasteiger partial charge < -0.3 is 20.5 Å². The van der Waals surface area contributed by atoms with Crippen molar-refractivity contribution in [2.45, 2.75) is 6.92 Å². The van der Waals surface area contributed by atoms with Gasteiger partial charge in [0.15, 0.2) is 0 Å². The van der Waals surface area contributed by atoms with Crippen molar-refractivity contribution < 1.29 is 19.4 Å². The molecule has 0 heterocycles. The van der Waals surface area contributed by atoms with Gasteiger partial charge in [0, 0.05) is 18.8 Å². The number of carboxylic acid groups (broad SMARTS) is 1. The van der Waals surface area contributed by atoms with Gasteiger partial charge in [0.25, 0.3) is 0 Å². The molecule has 0 aliphatic heterocycles. The molecule has 104 valence electrons. The summed E-state index contributed by atoms with van der Waals surface area (Å²) in [6.07, 6.45) is 0. The third kappa shape index (κ3) is 5.15. The second-order valence-electron chi connectivity index (χ2n) is 3.58. The number of carbonyl (C=O) groups is 2. The zero-order valence-electron chi connectivity index (χ0n) is 10.4. The van der Waals surface area contributed by atoms with E-state index >= 15 is 0 Å². The molecule has 6 nitrogen and oxygen atoms in total. The molecule has 7 heteroatoms. The molecule has 1 aromatic carbocycles. The van der Waals surface area contributed by atoms with Crippen molar-refractivity contribution in [1.29, 1.82) is 0 Å². The number of anilines is 1. The molecule has 0 atom stereocenters. The molecule has 0 aliphatic rings. The second kappa shape index (κ2) is 7.60. The molecule has 0 unspecified atom stereocenters. The van der Waals surface area contributed by atoms with E-state index in [1.807, 2.05) is 6.92 Å². The van der Waals surface area contributed by atoms with Crippen molar-refractivity contribution in [3.05, 3.63) is 28.8 Å². The number of halogens is 1. The van der Waals surface area contributed by atoms with Crippen LogP contribution < -0.4 is 10.6 Å². The van der Waals surface area contributed by atoms with Crippen molar-refractivity contribution in [3.8, 4) is 0 Å². The van der Waals surface area contributed by atoms with Gasteiger partial charge in [-0.25, -0.2) is 9.59 Å². The Kier molecular flexibility index (Phi) is 6.11. The number of urea groups is 1. The molecule has 1 rings (SSSR count). The van der Waals surface area contributed by atoms with Crippen LogP contribution in [0, 0.1) is 0 Å². The van der Waals surface area contributed by atoms with Crippen LogP contribution in [-0.2, 0) is 4.74 Å². The quantitative estimate of drug-likeness (QED) is 0.700. The third-order valence-corrected chi connectivity index (χ3v) is 2.51. The smallest absolute Gasteiger partial charge is 0.337 e. The lowest BCUT2D eigenvalue weighted by Gasteiger charge is -2.08. The average molecular weight is 287 g/mol. The Bertz CT molecular complexity index is 465. The van der Waals surface area contributed by atoms with Crippen LogP contribution in [0.4, 0.5) is 10.5 Å². The van der Waals surface area contributed by atoms with Crippen LogP contribution in [0.5, 0.6) is 0 Å². The molecule has 0 fully saturated rings. The highest BCUT2D eigenvalue weighted by Gasteiger charge is 2.09. The molecular weight excluding hydrogens is 272 g/mol. The first-order chi connectivity index (χ1) is 9.04. The van der Waals surface area contributed by atoms with Crippen molar-refractivity contribution >= 4 is 29.3 Å². The van der Waals surface area contributed by atoms with E-state index in [4.69, 9.17) is 21.4 Å². The van der Waals surface area contributed by atoms with E-state index in [1.165, 1.54) is 18.2 Å². The predicted molar refractivity (Wildman–Crippen MR) is 71.9 cm³/mol. The van der Waals surface area contributed by atoms with Crippen molar-refractivity contribution in [3.63, 3.8) is 0 Å². The predicted octanol–water partition coefficient (Wildman–Crippen LogP) is 2.20. The van der Waals surface area contributed by atoms with Crippen LogP contribution in [-0.4, -0.2) is 36.9 Å². The first-order valence-electron chi connectivity index (χ1n) is 5.70. The van der Waals surface area contributed by atoms with E-state index in [1.54, 1.807) is 0 Å². The molecule has 0 bridgehead atoms. The average Bonchev–Trinajstić information content (AvgIpc) is 2.34. The van der Waals surface area contributed by atoms with Crippen molar-refractivity contribution in [2.75, 3.05) is 25.1 Å². The van der Waals surface area contributed by atoms with Crippen LogP contribution >= 0.6 is 11.6 Å². The Labute approximate surface area is 115 Å². The summed E-state index contributed by atoms with van der Waals surface area (Å²) in [5, 5.41) is 14.0. The minimum atomic E-state index is -1.11. The molecule has 1 aromatic rings. The van der Waals surface area contributed by atoms with Crippen LogP contribution in [0.25, 0.3) is 0 Å². The van der Waals surface area contributed by atoms with Gasteiger partial charge in [0.2, 0.25) is 0 Å². The number of rotatable bonds is 6. The molecule has 0 saturated carbocycles. The summed E-state index contributed by atoms with van der Waals surface area (Å²) >= 11 is 5.78. The Morgan fingerprint density at radius 1 is 1.42 bits per heavy atom. The number of nitrogens with one attached hydrogen (secondary N) is 2. The summed E-state index contributed by atoms with van der Waals surface area (Å²) in [6.45, 7) is 3.28. The summed E-state index contributed by atoms with van der Waals surface area (Å²) in [7, 11) is 0.